The van der Waals surface area contributed by atoms with E-state index in [0.717, 1.165) is 38.3 Å². The molecule has 0 radical (unpaired) electrons. The maximum atomic E-state index is 12.8. The smallest absolute Gasteiger partial charge is 0.276 e. The Morgan fingerprint density at radius 2 is 2.12 bits per heavy atom. The summed E-state index contributed by atoms with van der Waals surface area (Å²) < 4.78 is 10.2. The first-order chi connectivity index (χ1) is 12.2. The van der Waals surface area contributed by atoms with E-state index in [0.29, 0.717) is 23.3 Å². The van der Waals surface area contributed by atoms with E-state index in [-0.39, 0.29) is 11.9 Å². The number of anilines is 1. The highest BCUT2D eigenvalue weighted by Crippen LogP contribution is 2.34. The number of likely N-dealkylation sites (tertiary alicyclic amines) is 1. The zero-order chi connectivity index (χ0) is 17.4. The number of aromatic nitrogens is 3. The maximum absolute atomic E-state index is 12.8. The SMILES string of the molecule is COc1cc(N2CCC3CCN(C(=O)c4cc(C)on4)C3C2)ncn1. The number of fused-ring (bicyclic) bond motifs is 1. The van der Waals surface area contributed by atoms with Gasteiger partial charge in [0.2, 0.25) is 5.88 Å². The minimum Gasteiger partial charge on any atom is -0.481 e. The number of rotatable bonds is 3. The van der Waals surface area contributed by atoms with Gasteiger partial charge in [-0.15, -0.1) is 0 Å². The van der Waals surface area contributed by atoms with Crippen molar-refractivity contribution < 1.29 is 14.1 Å². The molecule has 2 unspecified atom stereocenters. The lowest BCUT2D eigenvalue weighted by Crippen LogP contribution is -2.50. The molecule has 132 valence electrons. The van der Waals surface area contributed by atoms with Crippen molar-refractivity contribution in [2.75, 3.05) is 31.6 Å². The lowest BCUT2D eigenvalue weighted by Gasteiger charge is -2.38. The second kappa shape index (κ2) is 6.34. The maximum Gasteiger partial charge on any atom is 0.276 e. The summed E-state index contributed by atoms with van der Waals surface area (Å²) in [5.41, 5.74) is 0.388. The zero-order valence-electron chi connectivity index (χ0n) is 14.4. The van der Waals surface area contributed by atoms with Gasteiger partial charge >= 0.3 is 0 Å². The Kier molecular flexibility index (Phi) is 4.03. The van der Waals surface area contributed by atoms with Crippen molar-refractivity contribution in [2.24, 2.45) is 5.92 Å². The first-order valence-corrected chi connectivity index (χ1v) is 8.51. The third-order valence-corrected chi connectivity index (χ3v) is 5.13. The van der Waals surface area contributed by atoms with Crippen LogP contribution in [-0.4, -0.2) is 58.7 Å². The molecule has 2 atom stereocenters. The average molecular weight is 343 g/mol. The molecule has 25 heavy (non-hydrogen) atoms. The van der Waals surface area contributed by atoms with Crippen molar-refractivity contribution in [3.63, 3.8) is 0 Å². The summed E-state index contributed by atoms with van der Waals surface area (Å²) in [5.74, 6) is 2.51. The monoisotopic (exact) mass is 343 g/mol. The molecule has 2 aromatic heterocycles. The van der Waals surface area contributed by atoms with Crippen molar-refractivity contribution in [1.29, 1.82) is 0 Å². The number of ether oxygens (including phenoxy) is 1. The average Bonchev–Trinajstić information content (AvgIpc) is 3.27. The Morgan fingerprint density at radius 1 is 1.28 bits per heavy atom. The number of nitrogens with zero attached hydrogens (tertiary/aromatic N) is 5. The van der Waals surface area contributed by atoms with Crippen LogP contribution in [0, 0.1) is 12.8 Å². The van der Waals surface area contributed by atoms with Crippen LogP contribution < -0.4 is 9.64 Å². The Hall–Kier alpha value is -2.64. The molecule has 0 saturated carbocycles. The fraction of sp³-hybridized carbons (Fsp3) is 0.529. The summed E-state index contributed by atoms with van der Waals surface area (Å²) in [7, 11) is 1.59. The van der Waals surface area contributed by atoms with E-state index >= 15 is 0 Å². The molecule has 0 aliphatic carbocycles. The molecule has 2 aliphatic heterocycles. The van der Waals surface area contributed by atoms with Gasteiger partial charge in [-0.25, -0.2) is 9.97 Å². The number of hydrogen-bond donors (Lipinski definition) is 0. The molecule has 2 fully saturated rings. The molecular formula is C17H21N5O3. The predicted molar refractivity (Wildman–Crippen MR) is 89.6 cm³/mol. The molecule has 1 amide bonds. The van der Waals surface area contributed by atoms with Crippen LogP contribution in [0.5, 0.6) is 5.88 Å². The van der Waals surface area contributed by atoms with Crippen molar-refractivity contribution in [3.05, 3.63) is 29.9 Å². The summed E-state index contributed by atoms with van der Waals surface area (Å²) in [4.78, 5) is 25.4. The second-order valence-electron chi connectivity index (χ2n) is 6.59. The Labute approximate surface area is 145 Å². The first kappa shape index (κ1) is 15.9. The van der Waals surface area contributed by atoms with Crippen LogP contribution in [0.4, 0.5) is 5.82 Å². The standard InChI is InChI=1S/C17H21N5O3/c1-11-7-13(20-25-11)17(23)22-6-4-12-3-5-21(9-14(12)22)15-8-16(24-2)19-10-18-15/h7-8,10,12,14H,3-6,9H2,1-2H3. The van der Waals surface area contributed by atoms with Crippen LogP contribution in [0.15, 0.2) is 23.0 Å². The molecule has 4 rings (SSSR count). The largest absolute Gasteiger partial charge is 0.481 e. The molecule has 0 spiro atoms. The molecular weight excluding hydrogens is 322 g/mol. The first-order valence-electron chi connectivity index (χ1n) is 8.51. The van der Waals surface area contributed by atoms with Gasteiger partial charge in [-0.1, -0.05) is 5.16 Å². The molecule has 0 bridgehead atoms. The third-order valence-electron chi connectivity index (χ3n) is 5.13. The fourth-order valence-electron chi connectivity index (χ4n) is 3.83. The second-order valence-corrected chi connectivity index (χ2v) is 6.59. The topological polar surface area (TPSA) is 84.6 Å². The molecule has 2 saturated heterocycles. The van der Waals surface area contributed by atoms with E-state index < -0.39 is 0 Å². The molecule has 0 aromatic carbocycles. The number of piperidine rings is 1. The number of carbonyl (C=O) groups is 1. The van der Waals surface area contributed by atoms with Gasteiger partial charge in [0.1, 0.15) is 17.9 Å². The van der Waals surface area contributed by atoms with Crippen molar-refractivity contribution in [1.82, 2.24) is 20.0 Å². The Bertz CT molecular complexity index is 777. The minimum atomic E-state index is -0.0496. The normalized spacial score (nSPS) is 22.8. The summed E-state index contributed by atoms with van der Waals surface area (Å²) >= 11 is 0. The quantitative estimate of drug-likeness (QED) is 0.835. The van der Waals surface area contributed by atoms with Crippen molar-refractivity contribution >= 4 is 11.7 Å². The summed E-state index contributed by atoms with van der Waals surface area (Å²) in [6.45, 7) is 4.24. The van der Waals surface area contributed by atoms with Gasteiger partial charge in [0.25, 0.3) is 5.91 Å². The van der Waals surface area contributed by atoms with Crippen LogP contribution in [-0.2, 0) is 0 Å². The molecule has 8 nitrogen and oxygen atoms in total. The fourth-order valence-corrected chi connectivity index (χ4v) is 3.83. The minimum absolute atomic E-state index is 0.0496. The van der Waals surface area contributed by atoms with Gasteiger partial charge in [0.15, 0.2) is 5.69 Å². The summed E-state index contributed by atoms with van der Waals surface area (Å²) in [5, 5.41) is 3.88. The molecule has 4 heterocycles. The van der Waals surface area contributed by atoms with Gasteiger partial charge in [-0.05, 0) is 25.7 Å². The summed E-state index contributed by atoms with van der Waals surface area (Å²) in [6, 6.07) is 3.70. The van der Waals surface area contributed by atoms with Crippen molar-refractivity contribution in [2.45, 2.75) is 25.8 Å². The molecule has 2 aromatic rings. The van der Waals surface area contributed by atoms with Gasteiger partial charge in [-0.2, -0.15) is 0 Å². The zero-order valence-corrected chi connectivity index (χ0v) is 14.4. The number of methoxy groups -OCH3 is 1. The van der Waals surface area contributed by atoms with Gasteiger partial charge < -0.3 is 19.1 Å². The van der Waals surface area contributed by atoms with Crippen LogP contribution in [0.25, 0.3) is 0 Å². The third kappa shape index (κ3) is 2.92. The van der Waals surface area contributed by atoms with E-state index in [1.807, 2.05) is 11.0 Å². The van der Waals surface area contributed by atoms with E-state index in [9.17, 15) is 4.79 Å². The summed E-state index contributed by atoms with van der Waals surface area (Å²) in [6.07, 6.45) is 3.59. The predicted octanol–water partition coefficient (Wildman–Crippen LogP) is 1.52. The number of hydrogen-bond acceptors (Lipinski definition) is 7. The highest BCUT2D eigenvalue weighted by Gasteiger charge is 2.41. The molecule has 2 aliphatic rings. The van der Waals surface area contributed by atoms with Crippen LogP contribution in [0.1, 0.15) is 29.1 Å². The number of aryl methyl sites for hydroxylation is 1. The highest BCUT2D eigenvalue weighted by molar-refractivity contribution is 5.92. The Balaban J connectivity index is 1.53. The van der Waals surface area contributed by atoms with E-state index in [4.69, 9.17) is 9.26 Å². The van der Waals surface area contributed by atoms with E-state index in [1.165, 1.54) is 6.33 Å². The van der Waals surface area contributed by atoms with Crippen LogP contribution in [0.2, 0.25) is 0 Å². The van der Waals surface area contributed by atoms with Crippen molar-refractivity contribution in [3.8, 4) is 5.88 Å². The Morgan fingerprint density at radius 3 is 2.88 bits per heavy atom. The van der Waals surface area contributed by atoms with Gasteiger partial charge in [0.05, 0.1) is 13.2 Å². The van der Waals surface area contributed by atoms with Gasteiger partial charge in [0, 0.05) is 31.8 Å². The van der Waals surface area contributed by atoms with E-state index in [1.54, 1.807) is 20.1 Å². The van der Waals surface area contributed by atoms with Crippen LogP contribution in [0.3, 0.4) is 0 Å². The molecule has 0 N–H and O–H groups in total. The number of carbonyl (C=O) groups excluding carboxylic acids is 1. The lowest BCUT2D eigenvalue weighted by molar-refractivity contribution is 0.0701. The lowest BCUT2D eigenvalue weighted by atomic mass is 9.92. The van der Waals surface area contributed by atoms with Crippen LogP contribution >= 0.6 is 0 Å². The van der Waals surface area contributed by atoms with Gasteiger partial charge in [-0.3, -0.25) is 4.79 Å². The molecule has 8 heteroatoms. The number of amides is 1. The van der Waals surface area contributed by atoms with E-state index in [2.05, 4.69) is 20.0 Å². The highest BCUT2D eigenvalue weighted by atomic mass is 16.5.